The molecule has 0 spiro atoms. The van der Waals surface area contributed by atoms with Crippen LogP contribution in [-0.2, 0) is 11.0 Å². The zero-order valence-corrected chi connectivity index (χ0v) is 11.2. The van der Waals surface area contributed by atoms with Crippen LogP contribution in [0, 0.1) is 5.82 Å². The molecule has 0 radical (unpaired) electrons. The Morgan fingerprint density at radius 2 is 2.06 bits per heavy atom. The van der Waals surface area contributed by atoms with Gasteiger partial charge in [-0.25, -0.2) is 8.60 Å². The monoisotopic (exact) mass is 258 g/mol. The third kappa shape index (κ3) is 3.51. The molecule has 0 heterocycles. The predicted octanol–water partition coefficient (Wildman–Crippen LogP) is 2.30. The third-order valence-electron chi connectivity index (χ3n) is 2.89. The Bertz CT molecular complexity index is 435. The minimum absolute atomic E-state index is 0.0824. The largest absolute Gasteiger partial charge is 0.399 e. The van der Waals surface area contributed by atoms with E-state index in [0.717, 1.165) is 0 Å². The summed E-state index contributed by atoms with van der Waals surface area (Å²) in [6.07, 6.45) is 0.538. The summed E-state index contributed by atoms with van der Waals surface area (Å²) in [6.45, 7) is 5.50. The van der Waals surface area contributed by atoms with Crippen molar-refractivity contribution in [3.8, 4) is 0 Å². The maximum absolute atomic E-state index is 13.6. The van der Waals surface area contributed by atoms with Gasteiger partial charge in [0.1, 0.15) is 5.82 Å². The molecule has 0 aliphatic carbocycles. The van der Waals surface area contributed by atoms with Gasteiger partial charge in [-0.2, -0.15) is 0 Å². The Labute approximate surface area is 104 Å². The van der Waals surface area contributed by atoms with Crippen molar-refractivity contribution in [2.24, 2.45) is 5.14 Å². The molecule has 3 nitrogen and oxygen atoms in total. The molecule has 96 valence electrons. The second kappa shape index (κ2) is 5.14. The van der Waals surface area contributed by atoms with Crippen LogP contribution in [0.25, 0.3) is 0 Å². The lowest BCUT2D eigenvalue weighted by Crippen LogP contribution is -2.33. The minimum atomic E-state index is -1.44. The lowest BCUT2D eigenvalue weighted by molar-refractivity contribution is 0.516. The maximum atomic E-state index is 13.6. The van der Waals surface area contributed by atoms with Gasteiger partial charge >= 0.3 is 0 Å². The van der Waals surface area contributed by atoms with Gasteiger partial charge in [-0.3, -0.25) is 5.14 Å². The molecule has 0 saturated heterocycles. The van der Waals surface area contributed by atoms with Crippen molar-refractivity contribution in [2.45, 2.75) is 37.9 Å². The van der Waals surface area contributed by atoms with Gasteiger partial charge in [0.15, 0.2) is 0 Å². The van der Waals surface area contributed by atoms with Crippen LogP contribution in [0.5, 0.6) is 0 Å². The second-order valence-corrected chi connectivity index (χ2v) is 6.64. The lowest BCUT2D eigenvalue weighted by Gasteiger charge is -2.25. The van der Waals surface area contributed by atoms with Crippen LogP contribution in [0.2, 0.25) is 0 Å². The molecule has 1 rings (SSSR count). The Balaban J connectivity index is 2.94. The number of halogens is 1. The molecule has 1 aromatic carbocycles. The Kier molecular flexibility index (Phi) is 4.27. The van der Waals surface area contributed by atoms with Crippen LogP contribution in [-0.4, -0.2) is 8.96 Å². The number of rotatable bonds is 4. The van der Waals surface area contributed by atoms with Gasteiger partial charge < -0.3 is 5.73 Å². The summed E-state index contributed by atoms with van der Waals surface area (Å²) < 4.78 is 24.4. The van der Waals surface area contributed by atoms with E-state index in [1.165, 1.54) is 12.1 Å². The zero-order valence-electron chi connectivity index (χ0n) is 10.4. The highest BCUT2D eigenvalue weighted by Gasteiger charge is 2.27. The van der Waals surface area contributed by atoms with E-state index in [1.807, 2.05) is 20.8 Å². The molecule has 0 aliphatic rings. The SMILES string of the molecule is C[C@@H](CC(C)(C)S(N)=O)c1cc(N)ccc1F. The molecule has 5 heteroatoms. The van der Waals surface area contributed by atoms with Gasteiger partial charge in [0.25, 0.3) is 0 Å². The number of hydrogen-bond donors (Lipinski definition) is 2. The van der Waals surface area contributed by atoms with Gasteiger partial charge in [-0.05, 0) is 49.9 Å². The topological polar surface area (TPSA) is 69.1 Å². The normalized spacial score (nSPS) is 15.6. The van der Waals surface area contributed by atoms with Gasteiger partial charge in [-0.1, -0.05) is 6.92 Å². The van der Waals surface area contributed by atoms with Crippen LogP contribution >= 0.6 is 0 Å². The van der Waals surface area contributed by atoms with Crippen molar-refractivity contribution in [1.82, 2.24) is 0 Å². The van der Waals surface area contributed by atoms with E-state index in [-0.39, 0.29) is 11.7 Å². The fourth-order valence-corrected chi connectivity index (χ4v) is 2.28. The van der Waals surface area contributed by atoms with E-state index in [0.29, 0.717) is 17.7 Å². The second-order valence-electron chi connectivity index (χ2n) is 4.94. The van der Waals surface area contributed by atoms with Crippen molar-refractivity contribution in [3.63, 3.8) is 0 Å². The average Bonchev–Trinajstić information content (AvgIpc) is 2.20. The standard InChI is InChI=1S/C12H19FN2OS/c1-8(7-12(2,3)17(15)16)10-6-9(14)4-5-11(10)13/h4-6,8H,7,14-15H2,1-3H3/t8-,17?/m0/s1. The molecule has 2 atom stereocenters. The van der Waals surface area contributed by atoms with Gasteiger partial charge in [-0.15, -0.1) is 0 Å². The van der Waals surface area contributed by atoms with E-state index < -0.39 is 15.7 Å². The number of nitrogen functional groups attached to an aromatic ring is 1. The van der Waals surface area contributed by atoms with Gasteiger partial charge in [0.2, 0.25) is 0 Å². The molecular weight excluding hydrogens is 239 g/mol. The summed E-state index contributed by atoms with van der Waals surface area (Å²) in [6, 6.07) is 4.50. The maximum Gasteiger partial charge on any atom is 0.126 e. The minimum Gasteiger partial charge on any atom is -0.399 e. The summed E-state index contributed by atoms with van der Waals surface area (Å²) in [5, 5.41) is 5.42. The lowest BCUT2D eigenvalue weighted by atomic mass is 9.91. The Morgan fingerprint density at radius 1 is 1.47 bits per heavy atom. The fraction of sp³-hybridized carbons (Fsp3) is 0.500. The highest BCUT2D eigenvalue weighted by molar-refractivity contribution is 7.84. The first-order valence-corrected chi connectivity index (χ1v) is 6.66. The number of benzene rings is 1. The molecule has 0 bridgehead atoms. The number of anilines is 1. The van der Waals surface area contributed by atoms with Crippen LogP contribution in [0.4, 0.5) is 10.1 Å². The summed E-state index contributed by atoms with van der Waals surface area (Å²) >= 11 is 0. The molecule has 0 saturated carbocycles. The smallest absolute Gasteiger partial charge is 0.126 e. The Morgan fingerprint density at radius 3 is 2.59 bits per heavy atom. The van der Waals surface area contributed by atoms with E-state index in [4.69, 9.17) is 10.9 Å². The zero-order chi connectivity index (χ0) is 13.2. The summed E-state index contributed by atoms with van der Waals surface area (Å²) in [7, 11) is -1.44. The van der Waals surface area contributed by atoms with E-state index in [2.05, 4.69) is 0 Å². The molecule has 1 aromatic rings. The first-order chi connectivity index (χ1) is 7.74. The van der Waals surface area contributed by atoms with Crippen LogP contribution < -0.4 is 10.9 Å². The molecule has 0 aromatic heterocycles. The molecule has 0 aliphatic heterocycles. The fourth-order valence-electron chi connectivity index (χ4n) is 1.87. The molecule has 17 heavy (non-hydrogen) atoms. The summed E-state index contributed by atoms with van der Waals surface area (Å²) in [5.41, 5.74) is 6.71. The highest BCUT2D eigenvalue weighted by atomic mass is 32.2. The molecule has 0 amide bonds. The number of hydrogen-bond acceptors (Lipinski definition) is 2. The van der Waals surface area contributed by atoms with E-state index in [9.17, 15) is 8.60 Å². The molecule has 1 unspecified atom stereocenters. The van der Waals surface area contributed by atoms with Gasteiger partial charge in [0, 0.05) is 5.69 Å². The molecular formula is C12H19FN2OS. The average molecular weight is 258 g/mol. The quantitative estimate of drug-likeness (QED) is 0.814. The first kappa shape index (κ1) is 14.1. The molecule has 4 N–H and O–H groups in total. The van der Waals surface area contributed by atoms with Crippen LogP contribution in [0.3, 0.4) is 0 Å². The van der Waals surface area contributed by atoms with Crippen molar-refractivity contribution < 1.29 is 8.60 Å². The van der Waals surface area contributed by atoms with E-state index >= 15 is 0 Å². The predicted molar refractivity (Wildman–Crippen MR) is 70.3 cm³/mol. The molecule has 0 fully saturated rings. The highest BCUT2D eigenvalue weighted by Crippen LogP contribution is 2.30. The van der Waals surface area contributed by atoms with Crippen molar-refractivity contribution in [3.05, 3.63) is 29.6 Å². The summed E-state index contributed by atoms with van der Waals surface area (Å²) in [4.78, 5) is 0. The summed E-state index contributed by atoms with van der Waals surface area (Å²) in [5.74, 6) is -0.369. The van der Waals surface area contributed by atoms with E-state index in [1.54, 1.807) is 6.07 Å². The van der Waals surface area contributed by atoms with Crippen molar-refractivity contribution in [1.29, 1.82) is 0 Å². The Hall–Kier alpha value is -0.940. The number of nitrogens with two attached hydrogens (primary N) is 2. The van der Waals surface area contributed by atoms with Crippen LogP contribution in [0.1, 0.15) is 38.7 Å². The van der Waals surface area contributed by atoms with Crippen LogP contribution in [0.15, 0.2) is 18.2 Å². The van der Waals surface area contributed by atoms with Gasteiger partial charge in [0.05, 0.1) is 15.7 Å². The van der Waals surface area contributed by atoms with Crippen molar-refractivity contribution in [2.75, 3.05) is 5.73 Å². The first-order valence-electron chi connectivity index (χ1n) is 5.45. The third-order valence-corrected chi connectivity index (χ3v) is 4.15. The van der Waals surface area contributed by atoms with Crippen molar-refractivity contribution >= 4 is 16.7 Å².